The number of likely N-dealkylation sites (tertiary alicyclic amines) is 2. The lowest BCUT2D eigenvalue weighted by molar-refractivity contribution is -0.143. The van der Waals surface area contributed by atoms with Crippen molar-refractivity contribution in [3.05, 3.63) is 66.0 Å². The average molecular weight is 380 g/mol. The summed E-state index contributed by atoms with van der Waals surface area (Å²) in [5, 5.41) is 11.7. The zero-order valence-corrected chi connectivity index (χ0v) is 16.3. The van der Waals surface area contributed by atoms with E-state index in [0.717, 1.165) is 43.5 Å². The molecule has 148 valence electrons. The fraction of sp³-hybridized carbons (Fsp3) is 0.478. The van der Waals surface area contributed by atoms with Crippen molar-refractivity contribution in [2.75, 3.05) is 26.2 Å². The molecule has 1 aromatic heterocycles. The summed E-state index contributed by atoms with van der Waals surface area (Å²) in [6, 6.07) is 13.9. The van der Waals surface area contributed by atoms with Crippen molar-refractivity contribution < 1.29 is 9.90 Å². The van der Waals surface area contributed by atoms with Crippen molar-refractivity contribution in [3.63, 3.8) is 0 Å². The molecule has 0 spiro atoms. The number of hydrogen-bond donors (Lipinski definition) is 1. The van der Waals surface area contributed by atoms with Gasteiger partial charge < -0.3 is 10.0 Å². The predicted octanol–water partition coefficient (Wildman–Crippen LogP) is 2.60. The van der Waals surface area contributed by atoms with Crippen molar-refractivity contribution in [2.45, 2.75) is 43.7 Å². The summed E-state index contributed by atoms with van der Waals surface area (Å²) in [5.41, 5.74) is 1.21. The van der Waals surface area contributed by atoms with Gasteiger partial charge in [0.05, 0.1) is 6.04 Å². The van der Waals surface area contributed by atoms with Gasteiger partial charge in [-0.3, -0.25) is 14.7 Å². The minimum absolute atomic E-state index is 0.0453. The summed E-state index contributed by atoms with van der Waals surface area (Å²) in [6.07, 6.45) is 7.68. The van der Waals surface area contributed by atoms with Crippen LogP contribution in [0.1, 0.15) is 36.8 Å². The first-order valence-corrected chi connectivity index (χ1v) is 10.4. The van der Waals surface area contributed by atoms with E-state index < -0.39 is 5.60 Å². The number of aryl methyl sites for hydroxylation is 1. The molecule has 2 aliphatic rings. The Kier molecular flexibility index (Phi) is 5.74. The molecule has 0 aliphatic carbocycles. The highest BCUT2D eigenvalue weighted by molar-refractivity contribution is 5.76. The van der Waals surface area contributed by atoms with Crippen LogP contribution in [0.25, 0.3) is 0 Å². The molecule has 1 aromatic carbocycles. The van der Waals surface area contributed by atoms with E-state index in [1.54, 1.807) is 12.4 Å². The lowest BCUT2D eigenvalue weighted by Crippen LogP contribution is -2.61. The van der Waals surface area contributed by atoms with Gasteiger partial charge in [-0.05, 0) is 62.0 Å². The number of nitrogens with zero attached hydrogens (tertiary/aromatic N) is 3. The predicted molar refractivity (Wildman–Crippen MR) is 109 cm³/mol. The molecule has 2 aromatic rings. The normalized spacial score (nSPS) is 25.8. The van der Waals surface area contributed by atoms with E-state index in [0.29, 0.717) is 25.9 Å². The fourth-order valence-electron chi connectivity index (χ4n) is 4.64. The molecule has 2 fully saturated rings. The highest BCUT2D eigenvalue weighted by atomic mass is 16.3. The Balaban J connectivity index is 1.48. The van der Waals surface area contributed by atoms with Crippen molar-refractivity contribution in [1.82, 2.24) is 14.8 Å². The van der Waals surface area contributed by atoms with Gasteiger partial charge in [0.25, 0.3) is 0 Å². The smallest absolute Gasteiger partial charge is 0.222 e. The van der Waals surface area contributed by atoms with Gasteiger partial charge in [0.2, 0.25) is 5.91 Å². The van der Waals surface area contributed by atoms with Crippen molar-refractivity contribution in [1.29, 1.82) is 0 Å². The van der Waals surface area contributed by atoms with Crippen LogP contribution < -0.4 is 0 Å². The van der Waals surface area contributed by atoms with Crippen LogP contribution in [0, 0.1) is 0 Å². The Morgan fingerprint density at radius 1 is 1.07 bits per heavy atom. The third-order valence-corrected chi connectivity index (χ3v) is 6.29. The number of pyridine rings is 1. The monoisotopic (exact) mass is 379 g/mol. The molecule has 1 N–H and O–H groups in total. The summed E-state index contributed by atoms with van der Waals surface area (Å²) in [7, 11) is 0. The standard InChI is InChI=1S/C23H29N3O2/c27-22(9-8-19-10-13-24-14-11-19)26-17-12-23(28,20-6-2-1-3-7-20)21(18-26)25-15-4-5-16-25/h1-3,6-7,10-11,13-14,21,28H,4-5,8-9,12,15-18H2/t21-,23+/m1/s1. The Morgan fingerprint density at radius 3 is 2.50 bits per heavy atom. The molecule has 0 radical (unpaired) electrons. The molecule has 2 atom stereocenters. The van der Waals surface area contributed by atoms with Crippen molar-refractivity contribution in [2.24, 2.45) is 0 Å². The van der Waals surface area contributed by atoms with E-state index >= 15 is 0 Å². The van der Waals surface area contributed by atoms with Crippen LogP contribution >= 0.6 is 0 Å². The van der Waals surface area contributed by atoms with Gasteiger partial charge in [-0.1, -0.05) is 30.3 Å². The molecule has 2 saturated heterocycles. The van der Waals surface area contributed by atoms with Crippen LogP contribution in [0.3, 0.4) is 0 Å². The van der Waals surface area contributed by atoms with Gasteiger partial charge in [0, 0.05) is 31.9 Å². The maximum atomic E-state index is 12.9. The molecular formula is C23H29N3O2. The molecule has 4 rings (SSSR count). The quantitative estimate of drug-likeness (QED) is 0.868. The highest BCUT2D eigenvalue weighted by Crippen LogP contribution is 2.37. The number of aliphatic hydroxyl groups is 1. The minimum atomic E-state index is -0.895. The van der Waals surface area contributed by atoms with E-state index in [2.05, 4.69) is 9.88 Å². The number of hydrogen-bond acceptors (Lipinski definition) is 4. The minimum Gasteiger partial charge on any atom is -0.383 e. The van der Waals surface area contributed by atoms with Gasteiger partial charge in [0.15, 0.2) is 0 Å². The van der Waals surface area contributed by atoms with Crippen molar-refractivity contribution >= 4 is 5.91 Å². The zero-order chi connectivity index (χ0) is 19.4. The van der Waals surface area contributed by atoms with E-state index in [4.69, 9.17) is 0 Å². The van der Waals surface area contributed by atoms with Gasteiger partial charge in [-0.2, -0.15) is 0 Å². The SMILES string of the molecule is O=C(CCc1ccncc1)N1CC[C@](O)(c2ccccc2)[C@H](N2CCCC2)C1. The molecule has 2 aliphatic heterocycles. The number of rotatable bonds is 5. The lowest BCUT2D eigenvalue weighted by atomic mass is 9.79. The van der Waals surface area contributed by atoms with E-state index in [1.807, 2.05) is 47.4 Å². The Bertz CT molecular complexity index is 777. The van der Waals surface area contributed by atoms with Crippen LogP contribution in [0.2, 0.25) is 0 Å². The van der Waals surface area contributed by atoms with Gasteiger partial charge in [-0.25, -0.2) is 0 Å². The fourth-order valence-corrected chi connectivity index (χ4v) is 4.64. The Morgan fingerprint density at radius 2 is 1.79 bits per heavy atom. The second-order valence-corrected chi connectivity index (χ2v) is 7.99. The summed E-state index contributed by atoms with van der Waals surface area (Å²) in [5.74, 6) is 0.177. The average Bonchev–Trinajstić information content (AvgIpc) is 3.28. The number of piperidine rings is 1. The molecule has 28 heavy (non-hydrogen) atoms. The third-order valence-electron chi connectivity index (χ3n) is 6.29. The summed E-state index contributed by atoms with van der Waals surface area (Å²) in [6.45, 7) is 3.20. The van der Waals surface area contributed by atoms with Gasteiger partial charge in [0.1, 0.15) is 5.60 Å². The molecule has 0 bridgehead atoms. The maximum absolute atomic E-state index is 12.9. The molecule has 5 nitrogen and oxygen atoms in total. The second-order valence-electron chi connectivity index (χ2n) is 7.99. The number of amides is 1. The van der Waals surface area contributed by atoms with Crippen LogP contribution in [0.4, 0.5) is 0 Å². The maximum Gasteiger partial charge on any atom is 0.222 e. The Hall–Kier alpha value is -2.24. The van der Waals surface area contributed by atoms with Crippen LogP contribution in [-0.4, -0.2) is 58.0 Å². The van der Waals surface area contributed by atoms with Gasteiger partial charge in [-0.15, -0.1) is 0 Å². The number of carbonyl (C=O) groups excluding carboxylic acids is 1. The number of aromatic nitrogens is 1. The largest absolute Gasteiger partial charge is 0.383 e. The lowest BCUT2D eigenvalue weighted by Gasteiger charge is -2.48. The first-order chi connectivity index (χ1) is 13.7. The van der Waals surface area contributed by atoms with E-state index in [1.165, 1.54) is 0 Å². The van der Waals surface area contributed by atoms with E-state index in [-0.39, 0.29) is 11.9 Å². The summed E-state index contributed by atoms with van der Waals surface area (Å²) < 4.78 is 0. The first kappa shape index (κ1) is 19.1. The molecule has 1 amide bonds. The summed E-state index contributed by atoms with van der Waals surface area (Å²) in [4.78, 5) is 21.3. The van der Waals surface area contributed by atoms with E-state index in [9.17, 15) is 9.90 Å². The van der Waals surface area contributed by atoms with Crippen LogP contribution in [0.15, 0.2) is 54.9 Å². The van der Waals surface area contributed by atoms with Crippen LogP contribution in [0.5, 0.6) is 0 Å². The molecule has 0 unspecified atom stereocenters. The number of benzene rings is 1. The van der Waals surface area contributed by atoms with Crippen molar-refractivity contribution in [3.8, 4) is 0 Å². The first-order valence-electron chi connectivity index (χ1n) is 10.4. The topological polar surface area (TPSA) is 56.7 Å². The van der Waals surface area contributed by atoms with Crippen LogP contribution in [-0.2, 0) is 16.8 Å². The molecule has 5 heteroatoms. The molecule has 0 saturated carbocycles. The Labute approximate surface area is 167 Å². The van der Waals surface area contributed by atoms with Gasteiger partial charge >= 0.3 is 0 Å². The number of carbonyl (C=O) groups is 1. The summed E-state index contributed by atoms with van der Waals surface area (Å²) >= 11 is 0. The molecular weight excluding hydrogens is 350 g/mol. The molecule has 3 heterocycles. The second kappa shape index (κ2) is 8.41. The zero-order valence-electron chi connectivity index (χ0n) is 16.3. The third kappa shape index (κ3) is 3.96. The highest BCUT2D eigenvalue weighted by Gasteiger charge is 2.46.